The summed E-state index contributed by atoms with van der Waals surface area (Å²) in [6.07, 6.45) is 0.0701. The van der Waals surface area contributed by atoms with Crippen LogP contribution in [-0.2, 0) is 4.74 Å². The number of benzene rings is 1. The second kappa shape index (κ2) is 7.92. The maximum absolute atomic E-state index is 5.59. The van der Waals surface area contributed by atoms with Crippen molar-refractivity contribution >= 4 is 0 Å². The van der Waals surface area contributed by atoms with Crippen LogP contribution in [0.2, 0.25) is 0 Å². The van der Waals surface area contributed by atoms with Crippen LogP contribution in [0.1, 0.15) is 13.8 Å². The number of ether oxygens (including phenoxy) is 3. The Hall–Kier alpha value is -1.26. The molecule has 1 aromatic rings. The van der Waals surface area contributed by atoms with Crippen molar-refractivity contribution in [1.29, 1.82) is 0 Å². The summed E-state index contributed by atoms with van der Waals surface area (Å²) in [5, 5.41) is 0. The fraction of sp³-hybridized carbons (Fsp3) is 0.538. The molecule has 0 aromatic heterocycles. The molecule has 0 amide bonds. The van der Waals surface area contributed by atoms with Gasteiger partial charge >= 0.3 is 0 Å². The van der Waals surface area contributed by atoms with Crippen LogP contribution in [0.25, 0.3) is 0 Å². The van der Waals surface area contributed by atoms with Crippen molar-refractivity contribution in [2.24, 2.45) is 5.73 Å². The topological polar surface area (TPSA) is 53.7 Å². The van der Waals surface area contributed by atoms with E-state index in [2.05, 4.69) is 0 Å². The quantitative estimate of drug-likeness (QED) is 0.703. The van der Waals surface area contributed by atoms with Gasteiger partial charge < -0.3 is 19.9 Å². The molecule has 1 unspecified atom stereocenters. The molecule has 0 aliphatic carbocycles. The van der Waals surface area contributed by atoms with Crippen LogP contribution in [0.15, 0.2) is 24.3 Å². The van der Waals surface area contributed by atoms with Crippen molar-refractivity contribution in [3.63, 3.8) is 0 Å². The molecule has 0 fully saturated rings. The Morgan fingerprint density at radius 2 is 1.76 bits per heavy atom. The predicted octanol–water partition coefficient (Wildman–Crippen LogP) is 1.83. The van der Waals surface area contributed by atoms with E-state index in [1.165, 1.54) is 0 Å². The number of para-hydroxylation sites is 2. The molecule has 0 aliphatic heterocycles. The molecule has 0 saturated heterocycles. The Balaban J connectivity index is 2.35. The molecule has 4 nitrogen and oxygen atoms in total. The summed E-state index contributed by atoms with van der Waals surface area (Å²) in [6, 6.07) is 7.62. The lowest BCUT2D eigenvalue weighted by atomic mass is 10.3. The van der Waals surface area contributed by atoms with E-state index in [0.29, 0.717) is 26.4 Å². The van der Waals surface area contributed by atoms with Gasteiger partial charge in [0.05, 0.1) is 19.3 Å². The Morgan fingerprint density at radius 1 is 1.12 bits per heavy atom. The summed E-state index contributed by atoms with van der Waals surface area (Å²) >= 11 is 0. The average molecular weight is 239 g/mol. The molecule has 1 atom stereocenters. The highest BCUT2D eigenvalue weighted by molar-refractivity contribution is 5.39. The van der Waals surface area contributed by atoms with Gasteiger partial charge in [-0.05, 0) is 26.0 Å². The molecule has 0 spiro atoms. The molecule has 0 heterocycles. The Bertz CT molecular complexity index is 317. The number of hydrogen-bond acceptors (Lipinski definition) is 4. The minimum atomic E-state index is 0.0701. The van der Waals surface area contributed by atoms with E-state index >= 15 is 0 Å². The number of hydrogen-bond donors (Lipinski definition) is 1. The van der Waals surface area contributed by atoms with Crippen LogP contribution in [0.5, 0.6) is 11.5 Å². The monoisotopic (exact) mass is 239 g/mol. The van der Waals surface area contributed by atoms with E-state index in [9.17, 15) is 0 Å². The van der Waals surface area contributed by atoms with Gasteiger partial charge in [-0.1, -0.05) is 12.1 Å². The Morgan fingerprint density at radius 3 is 2.35 bits per heavy atom. The van der Waals surface area contributed by atoms with Gasteiger partial charge in [0, 0.05) is 6.54 Å². The molecular formula is C13H21NO3. The largest absolute Gasteiger partial charge is 0.490 e. The first-order valence-electron chi connectivity index (χ1n) is 5.94. The molecule has 1 rings (SSSR count). The summed E-state index contributed by atoms with van der Waals surface area (Å²) in [7, 11) is 0. The third kappa shape index (κ3) is 5.06. The molecule has 2 N–H and O–H groups in total. The first-order chi connectivity index (χ1) is 8.27. The van der Waals surface area contributed by atoms with Crippen LogP contribution < -0.4 is 15.2 Å². The normalized spacial score (nSPS) is 12.2. The highest BCUT2D eigenvalue weighted by Crippen LogP contribution is 2.26. The van der Waals surface area contributed by atoms with E-state index in [4.69, 9.17) is 19.9 Å². The van der Waals surface area contributed by atoms with Gasteiger partial charge in [0.2, 0.25) is 0 Å². The fourth-order valence-corrected chi connectivity index (χ4v) is 1.31. The van der Waals surface area contributed by atoms with E-state index in [0.717, 1.165) is 11.5 Å². The zero-order valence-corrected chi connectivity index (χ0v) is 10.5. The summed E-state index contributed by atoms with van der Waals surface area (Å²) < 4.78 is 16.5. The van der Waals surface area contributed by atoms with Gasteiger partial charge in [0.1, 0.15) is 6.61 Å². The lowest BCUT2D eigenvalue weighted by Crippen LogP contribution is -2.22. The molecule has 4 heteroatoms. The zero-order valence-electron chi connectivity index (χ0n) is 10.5. The van der Waals surface area contributed by atoms with Crippen LogP contribution in [0.3, 0.4) is 0 Å². The van der Waals surface area contributed by atoms with Gasteiger partial charge in [0.15, 0.2) is 11.5 Å². The lowest BCUT2D eigenvalue weighted by molar-refractivity contribution is 0.0490. The van der Waals surface area contributed by atoms with Crippen molar-refractivity contribution in [1.82, 2.24) is 0 Å². The van der Waals surface area contributed by atoms with Crippen LogP contribution in [-0.4, -0.2) is 32.5 Å². The van der Waals surface area contributed by atoms with Crippen molar-refractivity contribution in [2.45, 2.75) is 20.0 Å². The predicted molar refractivity (Wildman–Crippen MR) is 67.6 cm³/mol. The molecule has 0 bridgehead atoms. The molecule has 1 aromatic carbocycles. The summed E-state index contributed by atoms with van der Waals surface area (Å²) in [5.41, 5.74) is 5.44. The van der Waals surface area contributed by atoms with Gasteiger partial charge in [-0.15, -0.1) is 0 Å². The molecule has 0 saturated carbocycles. The van der Waals surface area contributed by atoms with Crippen molar-refractivity contribution in [2.75, 3.05) is 26.4 Å². The van der Waals surface area contributed by atoms with Gasteiger partial charge in [-0.3, -0.25) is 0 Å². The maximum atomic E-state index is 5.59. The minimum absolute atomic E-state index is 0.0701. The van der Waals surface area contributed by atoms with Crippen LogP contribution >= 0.6 is 0 Å². The van der Waals surface area contributed by atoms with E-state index in [-0.39, 0.29) is 6.10 Å². The molecule has 0 aliphatic rings. The molecule has 0 radical (unpaired) electrons. The lowest BCUT2D eigenvalue weighted by Gasteiger charge is -2.13. The summed E-state index contributed by atoms with van der Waals surface area (Å²) in [6.45, 7) is 6.06. The van der Waals surface area contributed by atoms with E-state index < -0.39 is 0 Å². The van der Waals surface area contributed by atoms with Crippen molar-refractivity contribution in [3.05, 3.63) is 24.3 Å². The smallest absolute Gasteiger partial charge is 0.161 e. The van der Waals surface area contributed by atoms with Crippen molar-refractivity contribution < 1.29 is 14.2 Å². The second-order valence-electron chi connectivity index (χ2n) is 3.65. The van der Waals surface area contributed by atoms with Gasteiger partial charge in [-0.25, -0.2) is 0 Å². The third-order valence-corrected chi connectivity index (χ3v) is 2.22. The number of nitrogens with two attached hydrogens (primary N) is 1. The van der Waals surface area contributed by atoms with Gasteiger partial charge in [-0.2, -0.15) is 0 Å². The SMILES string of the molecule is CCOc1ccccc1OCCOC(C)CN. The van der Waals surface area contributed by atoms with Crippen LogP contribution in [0.4, 0.5) is 0 Å². The number of rotatable bonds is 8. The van der Waals surface area contributed by atoms with Crippen LogP contribution in [0, 0.1) is 0 Å². The average Bonchev–Trinajstić information content (AvgIpc) is 2.36. The standard InChI is InChI=1S/C13H21NO3/c1-3-15-12-6-4-5-7-13(12)17-9-8-16-11(2)10-14/h4-7,11H,3,8-10,14H2,1-2H3. The molecular weight excluding hydrogens is 218 g/mol. The Kier molecular flexibility index (Phi) is 6.43. The first-order valence-corrected chi connectivity index (χ1v) is 5.94. The van der Waals surface area contributed by atoms with E-state index in [1.54, 1.807) is 0 Å². The molecule has 17 heavy (non-hydrogen) atoms. The Labute approximate surface area is 103 Å². The summed E-state index contributed by atoms with van der Waals surface area (Å²) in [4.78, 5) is 0. The first kappa shape index (κ1) is 13.8. The third-order valence-electron chi connectivity index (χ3n) is 2.22. The maximum Gasteiger partial charge on any atom is 0.161 e. The molecule has 96 valence electrons. The van der Waals surface area contributed by atoms with E-state index in [1.807, 2.05) is 38.1 Å². The minimum Gasteiger partial charge on any atom is -0.490 e. The van der Waals surface area contributed by atoms with Gasteiger partial charge in [0.25, 0.3) is 0 Å². The summed E-state index contributed by atoms with van der Waals surface area (Å²) in [5.74, 6) is 1.51. The highest BCUT2D eigenvalue weighted by Gasteiger charge is 2.03. The zero-order chi connectivity index (χ0) is 12.5. The fourth-order valence-electron chi connectivity index (χ4n) is 1.31. The second-order valence-corrected chi connectivity index (χ2v) is 3.65. The highest BCUT2D eigenvalue weighted by atomic mass is 16.5. The van der Waals surface area contributed by atoms with Crippen molar-refractivity contribution in [3.8, 4) is 11.5 Å².